The van der Waals surface area contributed by atoms with Gasteiger partial charge in [-0.2, -0.15) is 13.2 Å². The van der Waals surface area contributed by atoms with E-state index in [-0.39, 0.29) is 17.4 Å². The number of halogens is 3. The Kier molecular flexibility index (Phi) is 4.15. The number of benzene rings is 1. The smallest absolute Gasteiger partial charge is 0.422 e. The summed E-state index contributed by atoms with van der Waals surface area (Å²) in [6.45, 7) is -1.40. The summed E-state index contributed by atoms with van der Waals surface area (Å²) < 4.78 is 46.1. The minimum Gasteiger partial charge on any atom is -0.482 e. The van der Waals surface area contributed by atoms with E-state index in [1.165, 1.54) is 31.6 Å². The van der Waals surface area contributed by atoms with Gasteiger partial charge in [0.15, 0.2) is 6.61 Å². The van der Waals surface area contributed by atoms with Crippen LogP contribution >= 0.6 is 0 Å². The Bertz CT molecular complexity index is 615. The molecule has 0 unspecified atom stereocenters. The third-order valence-corrected chi connectivity index (χ3v) is 2.55. The summed E-state index contributed by atoms with van der Waals surface area (Å²) in [5.41, 5.74) is 6.91. The molecule has 112 valence electrons. The highest BCUT2D eigenvalue weighted by molar-refractivity contribution is 5.68. The highest BCUT2D eigenvalue weighted by Gasteiger charge is 2.28. The van der Waals surface area contributed by atoms with Crippen molar-refractivity contribution in [2.24, 2.45) is 0 Å². The maximum atomic E-state index is 12.2. The van der Waals surface area contributed by atoms with Crippen molar-refractivity contribution in [3.05, 3.63) is 30.6 Å². The molecule has 0 saturated carbocycles. The molecule has 5 nitrogen and oxygen atoms in total. The summed E-state index contributed by atoms with van der Waals surface area (Å²) >= 11 is 0. The van der Waals surface area contributed by atoms with Gasteiger partial charge in [0, 0.05) is 18.0 Å². The fraction of sp³-hybridized carbons (Fsp3) is 0.231. The average molecular weight is 299 g/mol. The van der Waals surface area contributed by atoms with Crippen molar-refractivity contribution in [1.29, 1.82) is 0 Å². The van der Waals surface area contributed by atoms with Crippen LogP contribution in [0.15, 0.2) is 30.6 Å². The Balaban J connectivity index is 2.24. The first-order valence-corrected chi connectivity index (χ1v) is 5.84. The fourth-order valence-corrected chi connectivity index (χ4v) is 1.57. The second-order valence-electron chi connectivity index (χ2n) is 4.11. The Labute approximate surface area is 118 Å². The highest BCUT2D eigenvalue weighted by Crippen LogP contribution is 2.30. The summed E-state index contributed by atoms with van der Waals surface area (Å²) in [5, 5.41) is 0. The van der Waals surface area contributed by atoms with Gasteiger partial charge in [0.25, 0.3) is 0 Å². The van der Waals surface area contributed by atoms with Gasteiger partial charge in [0.2, 0.25) is 0 Å². The van der Waals surface area contributed by atoms with Crippen molar-refractivity contribution >= 4 is 5.69 Å². The average Bonchev–Trinajstić information content (AvgIpc) is 2.46. The van der Waals surface area contributed by atoms with E-state index in [4.69, 9.17) is 15.2 Å². The monoisotopic (exact) mass is 299 g/mol. The third kappa shape index (κ3) is 3.98. The lowest BCUT2D eigenvalue weighted by molar-refractivity contribution is -0.153. The van der Waals surface area contributed by atoms with Crippen LogP contribution in [0.2, 0.25) is 0 Å². The van der Waals surface area contributed by atoms with Gasteiger partial charge in [-0.1, -0.05) is 6.07 Å². The zero-order valence-corrected chi connectivity index (χ0v) is 11.0. The van der Waals surface area contributed by atoms with Crippen LogP contribution in [-0.4, -0.2) is 29.9 Å². The van der Waals surface area contributed by atoms with Crippen LogP contribution in [-0.2, 0) is 0 Å². The molecule has 0 saturated heterocycles. The van der Waals surface area contributed by atoms with E-state index < -0.39 is 12.8 Å². The van der Waals surface area contributed by atoms with Gasteiger partial charge >= 0.3 is 12.2 Å². The number of nitrogen functional groups attached to an aromatic ring is 1. The van der Waals surface area contributed by atoms with Gasteiger partial charge in [-0.05, 0) is 17.7 Å². The molecular formula is C13H12F3N3O2. The Morgan fingerprint density at radius 3 is 2.38 bits per heavy atom. The number of rotatable bonds is 4. The molecule has 2 N–H and O–H groups in total. The largest absolute Gasteiger partial charge is 0.482 e. The van der Waals surface area contributed by atoms with E-state index in [1.807, 2.05) is 0 Å². The molecule has 8 heteroatoms. The molecule has 2 rings (SSSR count). The molecule has 2 aromatic rings. The zero-order valence-electron chi connectivity index (χ0n) is 11.0. The van der Waals surface area contributed by atoms with Crippen molar-refractivity contribution in [3.63, 3.8) is 0 Å². The van der Waals surface area contributed by atoms with E-state index in [1.54, 1.807) is 6.07 Å². The number of ether oxygens (including phenoxy) is 2. The summed E-state index contributed by atoms with van der Waals surface area (Å²) in [6.07, 6.45) is -1.44. The molecular weight excluding hydrogens is 287 g/mol. The number of aromatic nitrogens is 2. The molecule has 0 aliphatic rings. The standard InChI is InChI=1S/C13H12F3N3O2/c1-20-12-18-5-9(6-19-12)8-2-3-10(17)11(4-8)21-7-13(14,15)16/h2-6H,7,17H2,1H3. The lowest BCUT2D eigenvalue weighted by Crippen LogP contribution is -2.19. The first kappa shape index (κ1) is 14.9. The molecule has 0 bridgehead atoms. The van der Waals surface area contributed by atoms with Crippen molar-refractivity contribution in [1.82, 2.24) is 9.97 Å². The first-order valence-electron chi connectivity index (χ1n) is 5.84. The minimum atomic E-state index is -4.42. The molecule has 1 aromatic carbocycles. The van der Waals surface area contributed by atoms with Gasteiger partial charge in [0.1, 0.15) is 5.75 Å². The van der Waals surface area contributed by atoms with E-state index >= 15 is 0 Å². The summed E-state index contributed by atoms with van der Waals surface area (Å²) in [5.74, 6) is -0.0411. The predicted molar refractivity (Wildman–Crippen MR) is 70.0 cm³/mol. The van der Waals surface area contributed by atoms with Gasteiger partial charge in [-0.3, -0.25) is 0 Å². The van der Waals surface area contributed by atoms with Crippen LogP contribution in [0.1, 0.15) is 0 Å². The quantitative estimate of drug-likeness (QED) is 0.879. The van der Waals surface area contributed by atoms with E-state index in [9.17, 15) is 13.2 Å². The fourth-order valence-electron chi connectivity index (χ4n) is 1.57. The first-order chi connectivity index (χ1) is 9.89. The van der Waals surface area contributed by atoms with Gasteiger partial charge in [-0.25, -0.2) is 9.97 Å². The van der Waals surface area contributed by atoms with E-state index in [0.29, 0.717) is 11.1 Å². The number of nitrogens with two attached hydrogens (primary N) is 1. The molecule has 1 heterocycles. The third-order valence-electron chi connectivity index (χ3n) is 2.55. The Morgan fingerprint density at radius 2 is 1.81 bits per heavy atom. The van der Waals surface area contributed by atoms with Crippen LogP contribution < -0.4 is 15.2 Å². The van der Waals surface area contributed by atoms with Crippen LogP contribution in [0.5, 0.6) is 11.8 Å². The lowest BCUT2D eigenvalue weighted by atomic mass is 10.1. The zero-order chi connectivity index (χ0) is 15.5. The summed E-state index contributed by atoms with van der Waals surface area (Å²) in [7, 11) is 1.43. The number of hydrogen-bond acceptors (Lipinski definition) is 5. The van der Waals surface area contributed by atoms with E-state index in [2.05, 4.69) is 9.97 Å². The number of methoxy groups -OCH3 is 1. The maximum Gasteiger partial charge on any atom is 0.422 e. The number of hydrogen-bond donors (Lipinski definition) is 1. The van der Waals surface area contributed by atoms with Gasteiger partial charge in [-0.15, -0.1) is 0 Å². The molecule has 0 amide bonds. The Hall–Kier alpha value is -2.51. The Morgan fingerprint density at radius 1 is 1.14 bits per heavy atom. The molecule has 0 fully saturated rings. The molecule has 0 atom stereocenters. The molecule has 0 aliphatic carbocycles. The molecule has 21 heavy (non-hydrogen) atoms. The van der Waals surface area contributed by atoms with Crippen molar-refractivity contribution in [3.8, 4) is 22.9 Å². The van der Waals surface area contributed by atoms with Crippen LogP contribution in [0, 0.1) is 0 Å². The van der Waals surface area contributed by atoms with Crippen LogP contribution in [0.3, 0.4) is 0 Å². The minimum absolute atomic E-state index is 0.0411. The lowest BCUT2D eigenvalue weighted by Gasteiger charge is -2.12. The van der Waals surface area contributed by atoms with Gasteiger partial charge in [0.05, 0.1) is 12.8 Å². The molecule has 1 aromatic heterocycles. The second-order valence-corrected chi connectivity index (χ2v) is 4.11. The number of anilines is 1. The normalized spacial score (nSPS) is 11.2. The summed E-state index contributed by atoms with van der Waals surface area (Å²) in [6, 6.07) is 4.71. The highest BCUT2D eigenvalue weighted by atomic mass is 19.4. The topological polar surface area (TPSA) is 70.3 Å². The van der Waals surface area contributed by atoms with Crippen molar-refractivity contribution in [2.75, 3.05) is 19.5 Å². The SMILES string of the molecule is COc1ncc(-c2ccc(N)c(OCC(F)(F)F)c2)cn1. The van der Waals surface area contributed by atoms with Crippen molar-refractivity contribution in [2.45, 2.75) is 6.18 Å². The summed E-state index contributed by atoms with van der Waals surface area (Å²) in [4.78, 5) is 7.85. The predicted octanol–water partition coefficient (Wildman–Crippen LogP) is 2.68. The maximum absolute atomic E-state index is 12.2. The molecule has 0 aliphatic heterocycles. The van der Waals surface area contributed by atoms with Crippen LogP contribution in [0.4, 0.5) is 18.9 Å². The number of nitrogens with zero attached hydrogens (tertiary/aromatic N) is 2. The van der Waals surface area contributed by atoms with Crippen molar-refractivity contribution < 1.29 is 22.6 Å². The number of alkyl halides is 3. The van der Waals surface area contributed by atoms with Crippen LogP contribution in [0.25, 0.3) is 11.1 Å². The van der Waals surface area contributed by atoms with Gasteiger partial charge < -0.3 is 15.2 Å². The second kappa shape index (κ2) is 5.86. The molecule has 0 spiro atoms. The molecule has 0 radical (unpaired) electrons. The van der Waals surface area contributed by atoms with E-state index in [0.717, 1.165) is 0 Å².